The molecule has 0 radical (unpaired) electrons. The van der Waals surface area contributed by atoms with Crippen molar-refractivity contribution in [1.29, 1.82) is 0 Å². The van der Waals surface area contributed by atoms with E-state index in [1.54, 1.807) is 37.1 Å². The van der Waals surface area contributed by atoms with E-state index in [0.29, 0.717) is 18.8 Å². The second-order valence-corrected chi connectivity index (χ2v) is 3.82. The summed E-state index contributed by atoms with van der Waals surface area (Å²) in [6.45, 7) is 1.05. The Hall–Kier alpha value is -1.82. The third-order valence-electron chi connectivity index (χ3n) is 2.53. The molecule has 0 fully saturated rings. The number of carbonyl (C=O) groups is 2. The molecule has 1 heterocycles. The third-order valence-corrected chi connectivity index (χ3v) is 2.53. The molecule has 0 unspecified atom stereocenters. The lowest BCUT2D eigenvalue weighted by molar-refractivity contribution is -0.141. The Morgan fingerprint density at radius 3 is 2.72 bits per heavy atom. The van der Waals surface area contributed by atoms with Crippen molar-refractivity contribution in [1.82, 2.24) is 9.47 Å². The number of aromatic nitrogens is 1. The zero-order valence-electron chi connectivity index (χ0n) is 10.9. The molecule has 0 aliphatic rings. The Bertz CT molecular complexity index is 414. The largest absolute Gasteiger partial charge is 0.468 e. The maximum Gasteiger partial charge on any atom is 0.325 e. The quantitative estimate of drug-likeness (QED) is 0.689. The molecule has 100 valence electrons. The van der Waals surface area contributed by atoms with Crippen LogP contribution >= 0.6 is 0 Å². The van der Waals surface area contributed by atoms with Gasteiger partial charge in [0.15, 0.2) is 0 Å². The van der Waals surface area contributed by atoms with Crippen LogP contribution in [0.5, 0.6) is 0 Å². The molecule has 0 saturated carbocycles. The van der Waals surface area contributed by atoms with Crippen LogP contribution in [-0.2, 0) is 20.8 Å². The molecule has 1 amide bonds. The summed E-state index contributed by atoms with van der Waals surface area (Å²) in [6, 6.07) is 3.50. The fraction of sp³-hybridized carbons (Fsp3) is 0.500. The van der Waals surface area contributed by atoms with Gasteiger partial charge in [0, 0.05) is 26.9 Å². The van der Waals surface area contributed by atoms with E-state index >= 15 is 0 Å². The summed E-state index contributed by atoms with van der Waals surface area (Å²) in [5, 5.41) is 0. The summed E-state index contributed by atoms with van der Waals surface area (Å²) in [5.74, 6) is -0.664. The van der Waals surface area contributed by atoms with Crippen molar-refractivity contribution in [3.63, 3.8) is 0 Å². The van der Waals surface area contributed by atoms with E-state index in [0.717, 1.165) is 0 Å². The van der Waals surface area contributed by atoms with Gasteiger partial charge in [-0.25, -0.2) is 0 Å². The highest BCUT2D eigenvalue weighted by Crippen LogP contribution is 2.06. The lowest BCUT2D eigenvalue weighted by Crippen LogP contribution is -2.34. The van der Waals surface area contributed by atoms with Gasteiger partial charge in [-0.15, -0.1) is 0 Å². The Labute approximate surface area is 106 Å². The zero-order valence-corrected chi connectivity index (χ0v) is 10.9. The van der Waals surface area contributed by atoms with Crippen molar-refractivity contribution in [3.05, 3.63) is 24.0 Å². The van der Waals surface area contributed by atoms with Gasteiger partial charge < -0.3 is 18.9 Å². The molecule has 0 aliphatic heterocycles. The summed E-state index contributed by atoms with van der Waals surface area (Å²) in [7, 11) is 4.46. The fourth-order valence-corrected chi connectivity index (χ4v) is 1.52. The number of carbonyl (C=O) groups excluding carboxylic acids is 2. The molecule has 0 spiro atoms. The fourth-order valence-electron chi connectivity index (χ4n) is 1.52. The number of ether oxygens (including phenoxy) is 2. The van der Waals surface area contributed by atoms with Gasteiger partial charge in [0.25, 0.3) is 5.91 Å². The van der Waals surface area contributed by atoms with Crippen LogP contribution < -0.4 is 0 Å². The van der Waals surface area contributed by atoms with Crippen molar-refractivity contribution in [3.8, 4) is 0 Å². The molecular weight excluding hydrogens is 236 g/mol. The number of hydrogen-bond donors (Lipinski definition) is 0. The highest BCUT2D eigenvalue weighted by Gasteiger charge is 2.17. The van der Waals surface area contributed by atoms with E-state index < -0.39 is 5.97 Å². The number of rotatable bonds is 6. The Morgan fingerprint density at radius 1 is 1.39 bits per heavy atom. The monoisotopic (exact) mass is 254 g/mol. The minimum absolute atomic E-state index is 0.0647. The van der Waals surface area contributed by atoms with Crippen LogP contribution in [0.25, 0.3) is 0 Å². The molecule has 0 saturated heterocycles. The molecule has 18 heavy (non-hydrogen) atoms. The first-order chi connectivity index (χ1) is 8.60. The Morgan fingerprint density at radius 2 is 2.11 bits per heavy atom. The summed E-state index contributed by atoms with van der Waals surface area (Å²) in [4.78, 5) is 24.5. The molecule has 6 heteroatoms. The van der Waals surface area contributed by atoms with E-state index in [-0.39, 0.29) is 12.5 Å². The molecule has 6 nitrogen and oxygen atoms in total. The molecule has 0 atom stereocenters. The van der Waals surface area contributed by atoms with Crippen LogP contribution in [-0.4, -0.2) is 55.8 Å². The molecular formula is C12H18N2O4. The molecule has 1 aromatic rings. The molecule has 1 rings (SSSR count). The van der Waals surface area contributed by atoms with Crippen LogP contribution in [0.15, 0.2) is 18.3 Å². The summed E-state index contributed by atoms with van der Waals surface area (Å²) >= 11 is 0. The van der Waals surface area contributed by atoms with E-state index in [9.17, 15) is 9.59 Å². The molecule has 0 aliphatic carbocycles. The smallest absolute Gasteiger partial charge is 0.325 e. The lowest BCUT2D eigenvalue weighted by atomic mass is 10.3. The topological polar surface area (TPSA) is 60.8 Å². The highest BCUT2D eigenvalue weighted by atomic mass is 16.5. The van der Waals surface area contributed by atoms with Crippen LogP contribution in [0.4, 0.5) is 0 Å². The predicted octanol–water partition coefficient (Wildman–Crippen LogP) is 0.379. The maximum atomic E-state index is 12.1. The number of nitrogens with zero attached hydrogens (tertiary/aromatic N) is 2. The SMILES string of the molecule is COCCn1cccc1C(=O)N(C)CC(=O)OC. The molecule has 0 bridgehead atoms. The van der Waals surface area contributed by atoms with Crippen molar-refractivity contribution >= 4 is 11.9 Å². The Kier molecular flexibility index (Phi) is 5.38. The van der Waals surface area contributed by atoms with E-state index in [2.05, 4.69) is 4.74 Å². The number of amides is 1. The van der Waals surface area contributed by atoms with Gasteiger partial charge in [-0.3, -0.25) is 9.59 Å². The van der Waals surface area contributed by atoms with Crippen LogP contribution in [0.1, 0.15) is 10.5 Å². The first-order valence-electron chi connectivity index (χ1n) is 5.56. The molecule has 0 aromatic carbocycles. The van der Waals surface area contributed by atoms with E-state index in [4.69, 9.17) is 4.74 Å². The second-order valence-electron chi connectivity index (χ2n) is 3.82. The molecule has 1 aromatic heterocycles. The average molecular weight is 254 g/mol. The van der Waals surface area contributed by atoms with Gasteiger partial charge in [0.05, 0.1) is 13.7 Å². The minimum Gasteiger partial charge on any atom is -0.468 e. The summed E-state index contributed by atoms with van der Waals surface area (Å²) in [6.07, 6.45) is 1.80. The predicted molar refractivity (Wildman–Crippen MR) is 65.3 cm³/mol. The number of methoxy groups -OCH3 is 2. The summed E-state index contributed by atoms with van der Waals surface area (Å²) in [5.41, 5.74) is 0.526. The maximum absolute atomic E-state index is 12.1. The van der Waals surface area contributed by atoms with Crippen molar-refractivity contribution in [2.24, 2.45) is 0 Å². The molecule has 0 N–H and O–H groups in total. The first-order valence-corrected chi connectivity index (χ1v) is 5.56. The van der Waals surface area contributed by atoms with E-state index in [1.807, 2.05) is 0 Å². The highest BCUT2D eigenvalue weighted by molar-refractivity contribution is 5.94. The van der Waals surface area contributed by atoms with Crippen LogP contribution in [0.3, 0.4) is 0 Å². The van der Waals surface area contributed by atoms with Crippen LogP contribution in [0, 0.1) is 0 Å². The zero-order chi connectivity index (χ0) is 13.5. The average Bonchev–Trinajstić information content (AvgIpc) is 2.83. The number of esters is 1. The van der Waals surface area contributed by atoms with Gasteiger partial charge in [-0.2, -0.15) is 0 Å². The van der Waals surface area contributed by atoms with Crippen molar-refractivity contribution < 1.29 is 19.1 Å². The van der Waals surface area contributed by atoms with Gasteiger partial charge >= 0.3 is 5.97 Å². The Balaban J connectivity index is 2.71. The van der Waals surface area contributed by atoms with Crippen molar-refractivity contribution in [2.45, 2.75) is 6.54 Å². The first kappa shape index (κ1) is 14.2. The van der Waals surface area contributed by atoms with Crippen molar-refractivity contribution in [2.75, 3.05) is 34.4 Å². The van der Waals surface area contributed by atoms with Crippen LogP contribution in [0.2, 0.25) is 0 Å². The normalized spacial score (nSPS) is 10.2. The second kappa shape index (κ2) is 6.80. The standard InChI is InChI=1S/C12H18N2O4/c1-13(9-11(15)18-3)12(16)10-5-4-6-14(10)7-8-17-2/h4-6H,7-9H2,1-3H3. The number of hydrogen-bond acceptors (Lipinski definition) is 4. The van der Waals surface area contributed by atoms with Gasteiger partial charge in [0.1, 0.15) is 12.2 Å². The van der Waals surface area contributed by atoms with Gasteiger partial charge in [-0.05, 0) is 12.1 Å². The van der Waals surface area contributed by atoms with Gasteiger partial charge in [-0.1, -0.05) is 0 Å². The van der Waals surface area contributed by atoms with E-state index in [1.165, 1.54) is 12.0 Å². The van der Waals surface area contributed by atoms with Gasteiger partial charge in [0.2, 0.25) is 0 Å². The lowest BCUT2D eigenvalue weighted by Gasteiger charge is -2.17. The number of likely N-dealkylation sites (N-methyl/N-ethyl adjacent to an activating group) is 1. The minimum atomic E-state index is -0.444. The third kappa shape index (κ3) is 3.59. The summed E-state index contributed by atoms with van der Waals surface area (Å²) < 4.78 is 11.3.